The van der Waals surface area contributed by atoms with Crippen LogP contribution in [0.15, 0.2) is 35.2 Å². The molecular formula is C23H27ClN2O3S. The number of carbonyl (C=O) groups is 1. The zero-order valence-corrected chi connectivity index (χ0v) is 18.9. The Balaban J connectivity index is 1.42. The van der Waals surface area contributed by atoms with Crippen LogP contribution in [0.25, 0.3) is 0 Å². The largest absolute Gasteiger partial charge is 0.324 e. The van der Waals surface area contributed by atoms with Crippen molar-refractivity contribution in [1.82, 2.24) is 4.31 Å². The summed E-state index contributed by atoms with van der Waals surface area (Å²) in [7, 11) is -3.53. The molecule has 1 N–H and O–H groups in total. The van der Waals surface area contributed by atoms with E-state index in [-0.39, 0.29) is 11.8 Å². The van der Waals surface area contributed by atoms with Crippen LogP contribution in [-0.4, -0.2) is 31.7 Å². The third-order valence-corrected chi connectivity index (χ3v) is 8.41. The molecule has 0 bridgehead atoms. The summed E-state index contributed by atoms with van der Waals surface area (Å²) in [6.07, 6.45) is 4.06. The predicted octanol–water partition coefficient (Wildman–Crippen LogP) is 4.48. The molecule has 0 atom stereocenters. The number of hydrogen-bond donors (Lipinski definition) is 1. The van der Waals surface area contributed by atoms with Crippen molar-refractivity contribution in [3.8, 4) is 0 Å². The Bertz CT molecular complexity index is 1070. The number of sulfonamides is 1. The lowest BCUT2D eigenvalue weighted by Crippen LogP contribution is -2.41. The lowest BCUT2D eigenvalue weighted by atomic mass is 9.97. The molecule has 0 aromatic heterocycles. The fourth-order valence-corrected chi connectivity index (χ4v) is 6.40. The first-order valence-corrected chi connectivity index (χ1v) is 12.3. The number of halogens is 1. The summed E-state index contributed by atoms with van der Waals surface area (Å²) < 4.78 is 27.7. The quantitative estimate of drug-likeness (QED) is 0.752. The molecule has 2 aromatic carbocycles. The molecule has 2 aromatic rings. The summed E-state index contributed by atoms with van der Waals surface area (Å²) >= 11 is 6.31. The van der Waals surface area contributed by atoms with Crippen LogP contribution in [0.2, 0.25) is 5.02 Å². The molecule has 5 nitrogen and oxygen atoms in total. The number of piperidine rings is 1. The predicted molar refractivity (Wildman–Crippen MR) is 120 cm³/mol. The molecule has 7 heteroatoms. The van der Waals surface area contributed by atoms with Crippen LogP contribution in [0.4, 0.5) is 5.69 Å². The van der Waals surface area contributed by atoms with E-state index in [9.17, 15) is 13.2 Å². The van der Waals surface area contributed by atoms with Crippen LogP contribution in [0, 0.1) is 19.8 Å². The van der Waals surface area contributed by atoms with Gasteiger partial charge in [-0.2, -0.15) is 4.31 Å². The summed E-state index contributed by atoms with van der Waals surface area (Å²) in [5.41, 5.74) is 5.01. The molecular weight excluding hydrogens is 420 g/mol. The molecule has 160 valence electrons. The Morgan fingerprint density at radius 1 is 1.07 bits per heavy atom. The first kappa shape index (κ1) is 21.3. The van der Waals surface area contributed by atoms with E-state index in [0.29, 0.717) is 41.5 Å². The van der Waals surface area contributed by atoms with Crippen LogP contribution in [0.3, 0.4) is 0 Å². The van der Waals surface area contributed by atoms with E-state index in [1.54, 1.807) is 6.07 Å². The lowest BCUT2D eigenvalue weighted by Gasteiger charge is -2.31. The minimum Gasteiger partial charge on any atom is -0.324 e. The second-order valence-corrected chi connectivity index (χ2v) is 10.7. The van der Waals surface area contributed by atoms with Gasteiger partial charge in [0, 0.05) is 19.0 Å². The van der Waals surface area contributed by atoms with Crippen LogP contribution in [-0.2, 0) is 27.7 Å². The lowest BCUT2D eigenvalue weighted by molar-refractivity contribution is -0.120. The molecule has 4 rings (SSSR count). The summed E-state index contributed by atoms with van der Waals surface area (Å²) in [5.74, 6) is -0.327. The normalized spacial score (nSPS) is 17.7. The van der Waals surface area contributed by atoms with Gasteiger partial charge in [0.25, 0.3) is 0 Å². The number of carbonyl (C=O) groups excluding carboxylic acids is 1. The van der Waals surface area contributed by atoms with E-state index in [1.807, 2.05) is 38.1 Å². The van der Waals surface area contributed by atoms with Gasteiger partial charge in [-0.3, -0.25) is 4.79 Å². The highest BCUT2D eigenvalue weighted by Gasteiger charge is 2.33. The zero-order valence-electron chi connectivity index (χ0n) is 17.4. The van der Waals surface area contributed by atoms with Gasteiger partial charge in [-0.05, 0) is 86.4 Å². The van der Waals surface area contributed by atoms with E-state index < -0.39 is 10.0 Å². The Kier molecular flexibility index (Phi) is 5.93. The maximum Gasteiger partial charge on any atom is 0.243 e. The monoisotopic (exact) mass is 446 g/mol. The number of anilines is 1. The summed E-state index contributed by atoms with van der Waals surface area (Å²) in [6.45, 7) is 4.57. The maximum absolute atomic E-state index is 13.1. The van der Waals surface area contributed by atoms with Crippen LogP contribution >= 0.6 is 11.6 Å². The molecule has 0 radical (unpaired) electrons. The number of aryl methyl sites for hydroxylation is 4. The molecule has 0 spiro atoms. The minimum atomic E-state index is -3.53. The van der Waals surface area contributed by atoms with E-state index in [4.69, 9.17) is 11.6 Å². The first-order chi connectivity index (χ1) is 14.3. The molecule has 0 unspecified atom stereocenters. The number of benzene rings is 2. The SMILES string of the molecule is Cc1cc(C)c(NC(=O)C2CCN(S(=O)(=O)c3ccc4c(c3)CCC4)CC2)c(Cl)c1. The van der Waals surface area contributed by atoms with Crippen LogP contribution in [0.1, 0.15) is 41.5 Å². The van der Waals surface area contributed by atoms with E-state index >= 15 is 0 Å². The second kappa shape index (κ2) is 8.33. The fourth-order valence-electron chi connectivity index (χ4n) is 4.52. The second-order valence-electron chi connectivity index (χ2n) is 8.39. The molecule has 0 saturated carbocycles. The van der Waals surface area contributed by atoms with E-state index in [2.05, 4.69) is 5.32 Å². The summed E-state index contributed by atoms with van der Waals surface area (Å²) in [5, 5.41) is 3.48. The Hall–Kier alpha value is -1.89. The topological polar surface area (TPSA) is 66.5 Å². The molecule has 1 amide bonds. The van der Waals surface area contributed by atoms with Gasteiger partial charge in [0.2, 0.25) is 15.9 Å². The third kappa shape index (κ3) is 4.13. The van der Waals surface area contributed by atoms with Crippen molar-refractivity contribution < 1.29 is 13.2 Å². The van der Waals surface area contributed by atoms with Crippen molar-refractivity contribution >= 4 is 33.2 Å². The molecule has 2 aliphatic rings. The first-order valence-electron chi connectivity index (χ1n) is 10.5. The van der Waals surface area contributed by atoms with Crippen molar-refractivity contribution in [3.63, 3.8) is 0 Å². The Morgan fingerprint density at radius 2 is 1.77 bits per heavy atom. The molecule has 1 heterocycles. The van der Waals surface area contributed by atoms with E-state index in [1.165, 1.54) is 9.87 Å². The number of rotatable bonds is 4. The van der Waals surface area contributed by atoms with Gasteiger partial charge in [0.05, 0.1) is 15.6 Å². The van der Waals surface area contributed by atoms with Crippen molar-refractivity contribution in [2.45, 2.75) is 50.8 Å². The Labute approximate surface area is 183 Å². The number of fused-ring (bicyclic) bond motifs is 1. The highest BCUT2D eigenvalue weighted by Crippen LogP contribution is 2.31. The van der Waals surface area contributed by atoms with Crippen molar-refractivity contribution in [1.29, 1.82) is 0 Å². The maximum atomic E-state index is 13.1. The smallest absolute Gasteiger partial charge is 0.243 e. The molecule has 1 aliphatic heterocycles. The van der Waals surface area contributed by atoms with E-state index in [0.717, 1.165) is 36.0 Å². The number of amides is 1. The fraction of sp³-hybridized carbons (Fsp3) is 0.435. The van der Waals surface area contributed by atoms with Gasteiger partial charge < -0.3 is 5.32 Å². The molecule has 30 heavy (non-hydrogen) atoms. The highest BCUT2D eigenvalue weighted by molar-refractivity contribution is 7.89. The van der Waals surface area contributed by atoms with Gasteiger partial charge in [-0.25, -0.2) is 8.42 Å². The van der Waals surface area contributed by atoms with Gasteiger partial charge >= 0.3 is 0 Å². The average Bonchev–Trinajstić information content (AvgIpc) is 3.18. The van der Waals surface area contributed by atoms with Crippen molar-refractivity contribution in [3.05, 3.63) is 57.6 Å². The van der Waals surface area contributed by atoms with Gasteiger partial charge in [0.15, 0.2) is 0 Å². The summed E-state index contributed by atoms with van der Waals surface area (Å²) in [4.78, 5) is 13.1. The van der Waals surface area contributed by atoms with Gasteiger partial charge in [-0.15, -0.1) is 0 Å². The van der Waals surface area contributed by atoms with Gasteiger partial charge in [-0.1, -0.05) is 23.7 Å². The Morgan fingerprint density at radius 3 is 2.47 bits per heavy atom. The minimum absolute atomic E-state index is 0.0987. The molecule has 1 fully saturated rings. The van der Waals surface area contributed by atoms with Crippen LogP contribution in [0.5, 0.6) is 0 Å². The van der Waals surface area contributed by atoms with Crippen LogP contribution < -0.4 is 5.32 Å². The highest BCUT2D eigenvalue weighted by atomic mass is 35.5. The average molecular weight is 447 g/mol. The standard InChI is InChI=1S/C23H27ClN2O3S/c1-15-12-16(2)22(21(24)13-15)25-23(27)18-8-10-26(11-9-18)30(28,29)20-7-6-17-4-3-5-19(17)14-20/h6-7,12-14,18H,3-5,8-11H2,1-2H3,(H,25,27). The molecule has 1 saturated heterocycles. The van der Waals surface area contributed by atoms with Crippen molar-refractivity contribution in [2.75, 3.05) is 18.4 Å². The third-order valence-electron chi connectivity index (χ3n) is 6.21. The van der Waals surface area contributed by atoms with Crippen molar-refractivity contribution in [2.24, 2.45) is 5.92 Å². The number of nitrogens with one attached hydrogen (secondary N) is 1. The zero-order chi connectivity index (χ0) is 21.5. The number of nitrogens with zero attached hydrogens (tertiary/aromatic N) is 1. The molecule has 1 aliphatic carbocycles. The summed E-state index contributed by atoms with van der Waals surface area (Å²) in [6, 6.07) is 9.31. The number of hydrogen-bond acceptors (Lipinski definition) is 3. The van der Waals surface area contributed by atoms with Gasteiger partial charge in [0.1, 0.15) is 0 Å².